The second-order valence-corrected chi connectivity index (χ2v) is 9.96. The third-order valence-electron chi connectivity index (χ3n) is 5.60. The molecule has 1 saturated heterocycles. The van der Waals surface area contributed by atoms with Crippen molar-refractivity contribution in [3.05, 3.63) is 75.9 Å². The molecule has 0 unspecified atom stereocenters. The summed E-state index contributed by atoms with van der Waals surface area (Å²) in [5.41, 5.74) is 5.71. The van der Waals surface area contributed by atoms with Gasteiger partial charge in [0.1, 0.15) is 10.6 Å². The number of hydrogen-bond acceptors (Lipinski definition) is 5. The van der Waals surface area contributed by atoms with Gasteiger partial charge < -0.3 is 4.52 Å². The van der Waals surface area contributed by atoms with Gasteiger partial charge in [-0.1, -0.05) is 35.0 Å². The third kappa shape index (κ3) is 3.91. The van der Waals surface area contributed by atoms with E-state index in [0.29, 0.717) is 18.0 Å². The van der Waals surface area contributed by atoms with Crippen LogP contribution in [0.5, 0.6) is 0 Å². The fourth-order valence-corrected chi connectivity index (χ4v) is 6.35. The summed E-state index contributed by atoms with van der Waals surface area (Å²) in [5.74, 6) is 0.329. The number of nitrogens with zero attached hydrogens (tertiary/aromatic N) is 3. The van der Waals surface area contributed by atoms with Crippen LogP contribution in [0.3, 0.4) is 0 Å². The van der Waals surface area contributed by atoms with Crippen LogP contribution in [0.15, 0.2) is 45.8 Å². The van der Waals surface area contributed by atoms with E-state index in [0.717, 1.165) is 36.2 Å². The van der Waals surface area contributed by atoms with Gasteiger partial charge >= 0.3 is 0 Å². The van der Waals surface area contributed by atoms with Crippen LogP contribution in [0, 0.1) is 27.7 Å². The van der Waals surface area contributed by atoms with E-state index >= 15 is 0 Å². The van der Waals surface area contributed by atoms with Gasteiger partial charge in [0.25, 0.3) is 0 Å². The number of benzene rings is 1. The molecule has 30 heavy (non-hydrogen) atoms. The summed E-state index contributed by atoms with van der Waals surface area (Å²) in [6, 6.07) is 12.3. The maximum absolute atomic E-state index is 13.4. The van der Waals surface area contributed by atoms with E-state index in [1.165, 1.54) is 11.1 Å². The molecule has 3 heterocycles. The molecule has 1 aromatic carbocycles. The first-order chi connectivity index (χ1) is 14.3. The zero-order valence-corrected chi connectivity index (χ0v) is 18.7. The largest absolute Gasteiger partial charge is 0.360 e. The van der Waals surface area contributed by atoms with Crippen molar-refractivity contribution in [3.63, 3.8) is 0 Å². The fourth-order valence-electron chi connectivity index (χ4n) is 4.38. The molecule has 0 spiro atoms. The molecule has 0 radical (unpaired) electrons. The Kier molecular flexibility index (Phi) is 5.51. The molecular formula is C23H27N3O3S. The molecule has 1 fully saturated rings. The van der Waals surface area contributed by atoms with Gasteiger partial charge in [-0.15, -0.1) is 0 Å². The van der Waals surface area contributed by atoms with Crippen molar-refractivity contribution >= 4 is 10.0 Å². The second kappa shape index (κ2) is 7.96. The summed E-state index contributed by atoms with van der Waals surface area (Å²) < 4.78 is 33.5. The van der Waals surface area contributed by atoms with E-state index in [1.807, 2.05) is 6.92 Å². The minimum Gasteiger partial charge on any atom is -0.360 e. The fraction of sp³-hybridized carbons (Fsp3) is 0.391. The third-order valence-corrected chi connectivity index (χ3v) is 7.76. The highest BCUT2D eigenvalue weighted by Crippen LogP contribution is 2.37. The minimum absolute atomic E-state index is 0.182. The first kappa shape index (κ1) is 20.8. The Hall–Kier alpha value is -2.51. The van der Waals surface area contributed by atoms with Crippen molar-refractivity contribution < 1.29 is 12.9 Å². The summed E-state index contributed by atoms with van der Waals surface area (Å²) in [4.78, 5) is 4.90. The topological polar surface area (TPSA) is 76.3 Å². The average Bonchev–Trinajstić information content (AvgIpc) is 3.29. The lowest BCUT2D eigenvalue weighted by Crippen LogP contribution is -2.32. The zero-order valence-electron chi connectivity index (χ0n) is 17.8. The molecule has 1 aliphatic heterocycles. The molecule has 7 heteroatoms. The van der Waals surface area contributed by atoms with Crippen LogP contribution in [0.25, 0.3) is 0 Å². The molecule has 1 atom stereocenters. The Labute approximate surface area is 178 Å². The maximum atomic E-state index is 13.4. The predicted molar refractivity (Wildman–Crippen MR) is 115 cm³/mol. The number of aryl methyl sites for hydroxylation is 4. The SMILES string of the molecule is Cc1cccc(Cc2cc(C)nc([C@@H]3CCCN3S(=O)(=O)c3c(C)noc3C)c2)c1. The molecule has 1 aliphatic rings. The summed E-state index contributed by atoms with van der Waals surface area (Å²) in [5, 5.41) is 3.84. The predicted octanol–water partition coefficient (Wildman–Crippen LogP) is 4.42. The Morgan fingerprint density at radius 3 is 2.60 bits per heavy atom. The molecule has 3 aromatic rings. The summed E-state index contributed by atoms with van der Waals surface area (Å²) in [6.45, 7) is 7.83. The molecule has 6 nitrogen and oxygen atoms in total. The van der Waals surface area contributed by atoms with Crippen molar-refractivity contribution in [2.45, 2.75) is 57.9 Å². The van der Waals surface area contributed by atoms with Gasteiger partial charge in [-0.25, -0.2) is 8.42 Å². The van der Waals surface area contributed by atoms with Crippen LogP contribution in [-0.2, 0) is 16.4 Å². The highest BCUT2D eigenvalue weighted by Gasteiger charge is 2.40. The lowest BCUT2D eigenvalue weighted by Gasteiger charge is -2.24. The number of hydrogen-bond donors (Lipinski definition) is 0. The number of rotatable bonds is 5. The van der Waals surface area contributed by atoms with Gasteiger partial charge in [0, 0.05) is 12.2 Å². The zero-order chi connectivity index (χ0) is 21.5. The first-order valence-electron chi connectivity index (χ1n) is 10.2. The van der Waals surface area contributed by atoms with Gasteiger partial charge in [-0.2, -0.15) is 4.31 Å². The van der Waals surface area contributed by atoms with Gasteiger partial charge in [0.2, 0.25) is 10.0 Å². The molecular weight excluding hydrogens is 398 g/mol. The van der Waals surface area contributed by atoms with E-state index in [4.69, 9.17) is 9.51 Å². The van der Waals surface area contributed by atoms with Crippen LogP contribution >= 0.6 is 0 Å². The van der Waals surface area contributed by atoms with Crippen LogP contribution in [0.2, 0.25) is 0 Å². The number of pyridine rings is 1. The minimum atomic E-state index is -3.71. The lowest BCUT2D eigenvalue weighted by atomic mass is 10.0. The molecule has 2 aromatic heterocycles. The van der Waals surface area contributed by atoms with Crippen LogP contribution < -0.4 is 0 Å². The maximum Gasteiger partial charge on any atom is 0.249 e. The summed E-state index contributed by atoms with van der Waals surface area (Å²) >= 11 is 0. The van der Waals surface area contributed by atoms with E-state index in [9.17, 15) is 8.42 Å². The van der Waals surface area contributed by atoms with E-state index in [1.54, 1.807) is 18.2 Å². The van der Waals surface area contributed by atoms with Crippen molar-refractivity contribution in [1.82, 2.24) is 14.4 Å². The van der Waals surface area contributed by atoms with Crippen molar-refractivity contribution in [1.29, 1.82) is 0 Å². The van der Waals surface area contributed by atoms with Gasteiger partial charge in [-0.3, -0.25) is 4.98 Å². The molecule has 4 rings (SSSR count). The van der Waals surface area contributed by atoms with Crippen molar-refractivity contribution in [2.75, 3.05) is 6.54 Å². The van der Waals surface area contributed by atoms with Crippen LogP contribution in [-0.4, -0.2) is 29.4 Å². The highest BCUT2D eigenvalue weighted by molar-refractivity contribution is 7.89. The van der Waals surface area contributed by atoms with Crippen molar-refractivity contribution in [3.8, 4) is 0 Å². The normalized spacial score (nSPS) is 17.5. The standard InChI is InChI=1S/C23H27N3O3S/c1-15-7-5-8-19(11-15)13-20-12-16(2)24-21(14-20)22-9-6-10-26(22)30(27,28)23-17(3)25-29-18(23)4/h5,7-8,11-12,14,22H,6,9-10,13H2,1-4H3/t22-/m0/s1. The van der Waals surface area contributed by atoms with Crippen LogP contribution in [0.4, 0.5) is 0 Å². The van der Waals surface area contributed by atoms with E-state index < -0.39 is 10.0 Å². The van der Waals surface area contributed by atoms with Gasteiger partial charge in [-0.05, 0) is 70.2 Å². The van der Waals surface area contributed by atoms with Crippen LogP contribution in [0.1, 0.15) is 58.4 Å². The first-order valence-corrected chi connectivity index (χ1v) is 11.7. The summed E-state index contributed by atoms with van der Waals surface area (Å²) in [7, 11) is -3.71. The Bertz CT molecular complexity index is 1160. The highest BCUT2D eigenvalue weighted by atomic mass is 32.2. The molecule has 0 amide bonds. The molecule has 0 saturated carbocycles. The Morgan fingerprint density at radius 2 is 1.90 bits per heavy atom. The molecule has 0 aliphatic carbocycles. The van der Waals surface area contributed by atoms with E-state index in [-0.39, 0.29) is 10.9 Å². The Morgan fingerprint density at radius 1 is 1.10 bits per heavy atom. The van der Waals surface area contributed by atoms with Crippen molar-refractivity contribution in [2.24, 2.45) is 0 Å². The lowest BCUT2D eigenvalue weighted by molar-refractivity contribution is 0.381. The molecule has 0 bridgehead atoms. The monoisotopic (exact) mass is 425 g/mol. The smallest absolute Gasteiger partial charge is 0.249 e. The average molecular weight is 426 g/mol. The second-order valence-electron chi connectivity index (χ2n) is 8.13. The van der Waals surface area contributed by atoms with Gasteiger partial charge in [0.05, 0.1) is 11.7 Å². The number of sulfonamides is 1. The molecule has 0 N–H and O–H groups in total. The summed E-state index contributed by atoms with van der Waals surface area (Å²) in [6.07, 6.45) is 2.35. The Balaban J connectivity index is 1.68. The van der Waals surface area contributed by atoms with Gasteiger partial charge in [0.15, 0.2) is 5.76 Å². The number of aromatic nitrogens is 2. The molecule has 158 valence electrons. The van der Waals surface area contributed by atoms with E-state index in [2.05, 4.69) is 48.5 Å². The quantitative estimate of drug-likeness (QED) is 0.605.